The Bertz CT molecular complexity index is 280. The Morgan fingerprint density at radius 2 is 1.94 bits per heavy atom. The van der Waals surface area contributed by atoms with Gasteiger partial charge in [-0.05, 0) is 27.8 Å². The van der Waals surface area contributed by atoms with Gasteiger partial charge in [0.15, 0.2) is 0 Å². The first kappa shape index (κ1) is 14.4. The maximum Gasteiger partial charge on any atom is 0.238 e. The van der Waals surface area contributed by atoms with Gasteiger partial charge in [0.1, 0.15) is 0 Å². The number of hydrogen-bond donors (Lipinski definition) is 2. The van der Waals surface area contributed by atoms with Crippen LogP contribution in [0.1, 0.15) is 27.7 Å². The van der Waals surface area contributed by atoms with Crippen molar-refractivity contribution in [1.82, 2.24) is 15.2 Å². The maximum atomic E-state index is 11.5. The molecule has 0 radical (unpaired) electrons. The molecule has 1 aliphatic heterocycles. The first-order chi connectivity index (χ1) is 7.79. The first-order valence-electron chi connectivity index (χ1n) is 6.25. The summed E-state index contributed by atoms with van der Waals surface area (Å²) in [5, 5.41) is 0. The summed E-state index contributed by atoms with van der Waals surface area (Å²) in [6, 6.07) is 0.214. The summed E-state index contributed by atoms with van der Waals surface area (Å²) >= 11 is 0. The Labute approximate surface area is 104 Å². The molecule has 0 aromatic carbocycles. The van der Waals surface area contributed by atoms with Gasteiger partial charge in [-0.15, -0.1) is 0 Å². The zero-order valence-electron chi connectivity index (χ0n) is 11.7. The fourth-order valence-electron chi connectivity index (χ4n) is 2.29. The minimum Gasteiger partial charge on any atom is -0.299 e. The van der Waals surface area contributed by atoms with Gasteiger partial charge in [-0.2, -0.15) is 0 Å². The minimum atomic E-state index is -0.0887. The normalized spacial score (nSPS) is 25.3. The van der Waals surface area contributed by atoms with E-state index >= 15 is 0 Å². The molecule has 1 heterocycles. The lowest BCUT2D eigenvalue weighted by Crippen LogP contribution is -2.61. The van der Waals surface area contributed by atoms with E-state index < -0.39 is 0 Å². The van der Waals surface area contributed by atoms with E-state index in [2.05, 4.69) is 43.0 Å². The average molecular weight is 242 g/mol. The third-order valence-corrected chi connectivity index (χ3v) is 4.20. The standard InChI is InChI=1S/C12H26N4O/c1-9(11(17)14-13)10(2)16-7-6-15(5)12(3,4)8-16/h9-10H,6-8,13H2,1-5H3,(H,14,17). The molecule has 1 saturated heterocycles. The van der Waals surface area contributed by atoms with E-state index in [0.29, 0.717) is 0 Å². The van der Waals surface area contributed by atoms with E-state index in [1.807, 2.05) is 6.92 Å². The molecule has 5 nitrogen and oxygen atoms in total. The van der Waals surface area contributed by atoms with Crippen LogP contribution in [0.25, 0.3) is 0 Å². The highest BCUT2D eigenvalue weighted by Gasteiger charge is 2.35. The summed E-state index contributed by atoms with van der Waals surface area (Å²) in [6.07, 6.45) is 0. The number of likely N-dealkylation sites (N-methyl/N-ethyl adjacent to an activating group) is 1. The molecule has 0 aliphatic carbocycles. The third-order valence-electron chi connectivity index (χ3n) is 4.20. The fraction of sp³-hybridized carbons (Fsp3) is 0.917. The number of carbonyl (C=O) groups excluding carboxylic acids is 1. The lowest BCUT2D eigenvalue weighted by Gasteiger charge is -2.48. The van der Waals surface area contributed by atoms with Crippen LogP contribution in [0.2, 0.25) is 0 Å². The Balaban J connectivity index is 2.65. The molecule has 1 rings (SSSR count). The number of amides is 1. The summed E-state index contributed by atoms with van der Waals surface area (Å²) in [5.74, 6) is 5.02. The number of nitrogens with one attached hydrogen (secondary N) is 1. The molecule has 0 spiro atoms. The molecule has 17 heavy (non-hydrogen) atoms. The second kappa shape index (κ2) is 5.33. The molecule has 5 heteroatoms. The van der Waals surface area contributed by atoms with Crippen molar-refractivity contribution in [3.8, 4) is 0 Å². The van der Waals surface area contributed by atoms with Gasteiger partial charge in [-0.1, -0.05) is 6.92 Å². The second-order valence-electron chi connectivity index (χ2n) is 5.74. The SMILES string of the molecule is CC(C(=O)NN)C(C)N1CCN(C)C(C)(C)C1. The highest BCUT2D eigenvalue weighted by atomic mass is 16.2. The first-order valence-corrected chi connectivity index (χ1v) is 6.25. The zero-order chi connectivity index (χ0) is 13.2. The quantitative estimate of drug-likeness (QED) is 0.416. The monoisotopic (exact) mass is 242 g/mol. The van der Waals surface area contributed by atoms with E-state index in [9.17, 15) is 4.79 Å². The second-order valence-corrected chi connectivity index (χ2v) is 5.74. The molecule has 2 unspecified atom stereocenters. The highest BCUT2D eigenvalue weighted by molar-refractivity contribution is 5.78. The predicted molar refractivity (Wildman–Crippen MR) is 69.2 cm³/mol. The summed E-state index contributed by atoms with van der Waals surface area (Å²) in [7, 11) is 2.15. The molecule has 0 bridgehead atoms. The molecule has 3 N–H and O–H groups in total. The molecule has 0 saturated carbocycles. The number of piperazine rings is 1. The fourth-order valence-corrected chi connectivity index (χ4v) is 2.29. The van der Waals surface area contributed by atoms with Crippen LogP contribution in [0.5, 0.6) is 0 Å². The van der Waals surface area contributed by atoms with Crippen LogP contribution in [0.3, 0.4) is 0 Å². The van der Waals surface area contributed by atoms with Crippen LogP contribution in [0, 0.1) is 5.92 Å². The Hall–Kier alpha value is -0.650. The van der Waals surface area contributed by atoms with Crippen LogP contribution in [0.15, 0.2) is 0 Å². The number of nitrogens with two attached hydrogens (primary N) is 1. The summed E-state index contributed by atoms with van der Waals surface area (Å²) in [6.45, 7) is 11.5. The maximum absolute atomic E-state index is 11.5. The van der Waals surface area contributed by atoms with Gasteiger partial charge >= 0.3 is 0 Å². The van der Waals surface area contributed by atoms with Gasteiger partial charge in [-0.25, -0.2) is 5.84 Å². The minimum absolute atomic E-state index is 0.0841. The van der Waals surface area contributed by atoms with Gasteiger partial charge in [-0.3, -0.25) is 20.0 Å². The number of hydrogen-bond acceptors (Lipinski definition) is 4. The van der Waals surface area contributed by atoms with E-state index in [-0.39, 0.29) is 23.4 Å². The van der Waals surface area contributed by atoms with Crippen LogP contribution in [-0.4, -0.2) is 54.0 Å². The number of carbonyl (C=O) groups is 1. The smallest absolute Gasteiger partial charge is 0.238 e. The molecule has 2 atom stereocenters. The van der Waals surface area contributed by atoms with E-state index in [0.717, 1.165) is 19.6 Å². The molecular formula is C12H26N4O. The van der Waals surface area contributed by atoms with Crippen molar-refractivity contribution in [2.45, 2.75) is 39.3 Å². The number of hydrazine groups is 1. The lowest BCUT2D eigenvalue weighted by molar-refractivity contribution is -0.127. The molecular weight excluding hydrogens is 216 g/mol. The summed E-state index contributed by atoms with van der Waals surface area (Å²) in [4.78, 5) is 16.3. The number of rotatable bonds is 3. The van der Waals surface area contributed by atoms with Crippen LogP contribution in [-0.2, 0) is 4.79 Å². The summed E-state index contributed by atoms with van der Waals surface area (Å²) < 4.78 is 0. The van der Waals surface area contributed by atoms with Crippen LogP contribution >= 0.6 is 0 Å². The van der Waals surface area contributed by atoms with Crippen molar-refractivity contribution < 1.29 is 4.79 Å². The van der Waals surface area contributed by atoms with Gasteiger partial charge in [0.05, 0.1) is 5.92 Å². The topological polar surface area (TPSA) is 61.6 Å². The van der Waals surface area contributed by atoms with Gasteiger partial charge in [0.25, 0.3) is 0 Å². The van der Waals surface area contributed by atoms with E-state index in [4.69, 9.17) is 5.84 Å². The largest absolute Gasteiger partial charge is 0.299 e. The van der Waals surface area contributed by atoms with Crippen molar-refractivity contribution in [3.05, 3.63) is 0 Å². The molecule has 1 amide bonds. The Morgan fingerprint density at radius 3 is 2.41 bits per heavy atom. The zero-order valence-corrected chi connectivity index (χ0v) is 11.7. The van der Waals surface area contributed by atoms with Gasteiger partial charge in [0, 0.05) is 31.2 Å². The van der Waals surface area contributed by atoms with Gasteiger partial charge in [0.2, 0.25) is 5.91 Å². The summed E-state index contributed by atoms with van der Waals surface area (Å²) in [5.41, 5.74) is 2.40. The lowest BCUT2D eigenvalue weighted by atomic mass is 9.94. The number of nitrogens with zero attached hydrogens (tertiary/aromatic N) is 2. The van der Waals surface area contributed by atoms with E-state index in [1.54, 1.807) is 0 Å². The Kier molecular flexibility index (Phi) is 4.52. The van der Waals surface area contributed by atoms with Crippen molar-refractivity contribution in [1.29, 1.82) is 0 Å². The molecule has 0 aromatic rings. The van der Waals surface area contributed by atoms with Crippen LogP contribution in [0.4, 0.5) is 0 Å². The average Bonchev–Trinajstić information content (AvgIpc) is 2.29. The van der Waals surface area contributed by atoms with Crippen molar-refractivity contribution in [2.24, 2.45) is 11.8 Å². The van der Waals surface area contributed by atoms with Crippen molar-refractivity contribution >= 4 is 5.91 Å². The Morgan fingerprint density at radius 1 is 1.35 bits per heavy atom. The molecule has 100 valence electrons. The van der Waals surface area contributed by atoms with Crippen molar-refractivity contribution in [3.63, 3.8) is 0 Å². The molecule has 1 aliphatic rings. The van der Waals surface area contributed by atoms with E-state index in [1.165, 1.54) is 0 Å². The molecule has 1 fully saturated rings. The van der Waals surface area contributed by atoms with Crippen molar-refractivity contribution in [2.75, 3.05) is 26.7 Å². The van der Waals surface area contributed by atoms with Gasteiger partial charge < -0.3 is 0 Å². The highest BCUT2D eigenvalue weighted by Crippen LogP contribution is 2.22. The molecule has 0 aromatic heterocycles. The third kappa shape index (κ3) is 3.18. The predicted octanol–water partition coefficient (Wildman–Crippen LogP) is 0.0269. The van der Waals surface area contributed by atoms with Crippen LogP contribution < -0.4 is 11.3 Å².